The molecule has 0 amide bonds. The van der Waals surface area contributed by atoms with Crippen LogP contribution >= 0.6 is 22.6 Å². The van der Waals surface area contributed by atoms with Crippen LogP contribution in [0.5, 0.6) is 5.75 Å². The lowest BCUT2D eigenvalue weighted by Crippen LogP contribution is -2.59. The first kappa shape index (κ1) is 15.6. The smallest absolute Gasteiger partial charge is 0.123 e. The summed E-state index contributed by atoms with van der Waals surface area (Å²) in [6, 6.07) is 7.06. The number of hydrogen-bond donors (Lipinski definition) is 1. The Morgan fingerprint density at radius 1 is 1.33 bits per heavy atom. The second-order valence-corrected chi connectivity index (χ2v) is 8.64. The molecule has 21 heavy (non-hydrogen) atoms. The van der Waals surface area contributed by atoms with Gasteiger partial charge >= 0.3 is 0 Å². The van der Waals surface area contributed by atoms with Crippen molar-refractivity contribution in [3.8, 4) is 5.75 Å². The van der Waals surface area contributed by atoms with Gasteiger partial charge in [-0.05, 0) is 76.8 Å². The van der Waals surface area contributed by atoms with Crippen molar-refractivity contribution in [2.24, 2.45) is 23.2 Å². The number of benzene rings is 1. The largest absolute Gasteiger partial charge is 0.496 e. The highest BCUT2D eigenvalue weighted by Crippen LogP contribution is 2.61. The fourth-order valence-electron chi connectivity index (χ4n) is 4.55. The van der Waals surface area contributed by atoms with Gasteiger partial charge in [-0.15, -0.1) is 0 Å². The molecule has 0 aromatic heterocycles. The molecule has 4 atom stereocenters. The molecule has 1 aromatic carbocycles. The summed E-state index contributed by atoms with van der Waals surface area (Å²) in [5.41, 5.74) is 1.84. The molecule has 3 heteroatoms. The number of nitrogens with one attached hydrogen (secondary N) is 1. The van der Waals surface area contributed by atoms with Crippen molar-refractivity contribution in [3.05, 3.63) is 27.3 Å². The molecule has 3 fully saturated rings. The summed E-state index contributed by atoms with van der Waals surface area (Å²) in [5, 5.41) is 3.80. The highest BCUT2D eigenvalue weighted by molar-refractivity contribution is 14.1. The number of rotatable bonds is 4. The lowest BCUT2D eigenvalue weighted by atomic mass is 9.45. The monoisotopic (exact) mass is 399 g/mol. The quantitative estimate of drug-likeness (QED) is 0.755. The number of hydrogen-bond acceptors (Lipinski definition) is 2. The third-order valence-electron chi connectivity index (χ3n) is 6.15. The van der Waals surface area contributed by atoms with Crippen molar-refractivity contribution in [3.63, 3.8) is 0 Å². The molecule has 0 radical (unpaired) electrons. The van der Waals surface area contributed by atoms with E-state index in [1.54, 1.807) is 7.11 Å². The molecule has 4 rings (SSSR count). The Hall–Kier alpha value is -0.290. The molecule has 1 aromatic rings. The van der Waals surface area contributed by atoms with E-state index in [0.717, 1.165) is 30.0 Å². The zero-order chi connectivity index (χ0) is 15.2. The van der Waals surface area contributed by atoms with Gasteiger partial charge in [0.05, 0.1) is 7.11 Å². The molecule has 3 saturated carbocycles. The molecule has 1 N–H and O–H groups in total. The first-order valence-electron chi connectivity index (χ1n) is 7.99. The van der Waals surface area contributed by atoms with E-state index in [4.69, 9.17) is 4.74 Å². The van der Waals surface area contributed by atoms with Gasteiger partial charge in [-0.1, -0.05) is 20.8 Å². The first-order chi connectivity index (χ1) is 9.93. The lowest BCUT2D eigenvalue weighted by molar-refractivity contribution is -0.115. The van der Waals surface area contributed by atoms with Crippen LogP contribution in [0.25, 0.3) is 0 Å². The Balaban J connectivity index is 1.65. The Morgan fingerprint density at radius 2 is 2.10 bits per heavy atom. The third kappa shape index (κ3) is 2.72. The topological polar surface area (TPSA) is 21.3 Å². The van der Waals surface area contributed by atoms with E-state index in [-0.39, 0.29) is 0 Å². The van der Waals surface area contributed by atoms with E-state index >= 15 is 0 Å². The minimum Gasteiger partial charge on any atom is -0.496 e. The Kier molecular flexibility index (Phi) is 4.25. The molecule has 0 heterocycles. The molecule has 3 aliphatic carbocycles. The minimum atomic E-state index is 0.567. The predicted octanol–water partition coefficient (Wildman–Crippen LogP) is 4.46. The van der Waals surface area contributed by atoms with Gasteiger partial charge in [-0.25, -0.2) is 0 Å². The number of fused-ring (bicyclic) bond motifs is 2. The first-order valence-corrected chi connectivity index (χ1v) is 9.07. The summed E-state index contributed by atoms with van der Waals surface area (Å²) in [6.45, 7) is 8.27. The van der Waals surface area contributed by atoms with E-state index in [9.17, 15) is 0 Å². The van der Waals surface area contributed by atoms with Crippen LogP contribution in [0.2, 0.25) is 0 Å². The van der Waals surface area contributed by atoms with Crippen molar-refractivity contribution >= 4 is 22.6 Å². The summed E-state index contributed by atoms with van der Waals surface area (Å²) in [4.78, 5) is 0. The average Bonchev–Trinajstić information content (AvgIpc) is 2.45. The van der Waals surface area contributed by atoms with Crippen LogP contribution in [0.1, 0.15) is 39.2 Å². The van der Waals surface area contributed by atoms with Crippen LogP contribution in [0.3, 0.4) is 0 Å². The minimum absolute atomic E-state index is 0.567. The average molecular weight is 399 g/mol. The number of ether oxygens (including phenoxy) is 1. The highest BCUT2D eigenvalue weighted by atomic mass is 127. The molecule has 2 nitrogen and oxygen atoms in total. The third-order valence-corrected chi connectivity index (χ3v) is 6.82. The standard InChI is InChI=1S/C18H26INO/c1-11-15-8-13(18(15,2)3)9-16(11)20-10-12-7-14(19)5-6-17(12)21-4/h5-7,11,13,15-16,20H,8-10H2,1-4H3/t11-,13+,15-,16-/m0/s1. The summed E-state index contributed by atoms with van der Waals surface area (Å²) in [7, 11) is 1.76. The Labute approximate surface area is 142 Å². The van der Waals surface area contributed by atoms with E-state index < -0.39 is 0 Å². The Morgan fingerprint density at radius 3 is 2.71 bits per heavy atom. The van der Waals surface area contributed by atoms with Gasteiger partial charge in [-0.2, -0.15) is 0 Å². The normalized spacial score (nSPS) is 33.4. The van der Waals surface area contributed by atoms with Crippen LogP contribution in [0.15, 0.2) is 18.2 Å². The van der Waals surface area contributed by atoms with Gasteiger partial charge in [0, 0.05) is 21.7 Å². The van der Waals surface area contributed by atoms with E-state index in [1.807, 2.05) is 0 Å². The van der Waals surface area contributed by atoms with Crippen molar-refractivity contribution in [2.75, 3.05) is 7.11 Å². The second kappa shape index (κ2) is 5.73. The second-order valence-electron chi connectivity index (χ2n) is 7.40. The van der Waals surface area contributed by atoms with Gasteiger partial charge in [0.1, 0.15) is 5.75 Å². The van der Waals surface area contributed by atoms with Crippen molar-refractivity contribution < 1.29 is 4.74 Å². The molecule has 3 aliphatic rings. The summed E-state index contributed by atoms with van der Waals surface area (Å²) in [5.74, 6) is 3.58. The number of halogens is 1. The zero-order valence-corrected chi connectivity index (χ0v) is 15.6. The van der Waals surface area contributed by atoms with Gasteiger partial charge < -0.3 is 10.1 Å². The maximum absolute atomic E-state index is 5.49. The van der Waals surface area contributed by atoms with Crippen molar-refractivity contribution in [1.29, 1.82) is 0 Å². The van der Waals surface area contributed by atoms with Crippen LogP contribution in [-0.4, -0.2) is 13.2 Å². The highest BCUT2D eigenvalue weighted by Gasteiger charge is 2.55. The summed E-state index contributed by atoms with van der Waals surface area (Å²) >= 11 is 2.37. The maximum Gasteiger partial charge on any atom is 0.123 e. The van der Waals surface area contributed by atoms with Crippen LogP contribution in [0, 0.1) is 26.7 Å². The van der Waals surface area contributed by atoms with E-state index in [1.165, 1.54) is 22.0 Å². The molecule has 116 valence electrons. The van der Waals surface area contributed by atoms with Gasteiger partial charge in [0.15, 0.2) is 0 Å². The predicted molar refractivity (Wildman–Crippen MR) is 95.5 cm³/mol. The van der Waals surface area contributed by atoms with Crippen molar-refractivity contribution in [1.82, 2.24) is 5.32 Å². The zero-order valence-electron chi connectivity index (χ0n) is 13.4. The Bertz CT molecular complexity index is 528. The fraction of sp³-hybridized carbons (Fsp3) is 0.667. The van der Waals surface area contributed by atoms with E-state index in [2.05, 4.69) is 66.9 Å². The van der Waals surface area contributed by atoms with Crippen LogP contribution < -0.4 is 10.1 Å². The maximum atomic E-state index is 5.49. The molecule has 0 unspecified atom stereocenters. The molecule has 0 aliphatic heterocycles. The SMILES string of the molecule is COc1ccc(I)cc1CN[C@H]1C[C@H]2C[C@@H]([C@@H]1C)C2(C)C. The summed E-state index contributed by atoms with van der Waals surface area (Å²) < 4.78 is 6.76. The van der Waals surface area contributed by atoms with E-state index in [0.29, 0.717) is 11.5 Å². The van der Waals surface area contributed by atoms with Gasteiger partial charge in [0.2, 0.25) is 0 Å². The molecular weight excluding hydrogens is 373 g/mol. The molecule has 0 spiro atoms. The van der Waals surface area contributed by atoms with Crippen LogP contribution in [-0.2, 0) is 6.54 Å². The summed E-state index contributed by atoms with van der Waals surface area (Å²) in [6.07, 6.45) is 2.77. The van der Waals surface area contributed by atoms with Crippen molar-refractivity contribution in [2.45, 2.75) is 46.2 Å². The van der Waals surface area contributed by atoms with Gasteiger partial charge in [-0.3, -0.25) is 0 Å². The molecule has 2 bridgehead atoms. The molecular formula is C18H26INO. The van der Waals surface area contributed by atoms with Crippen LogP contribution in [0.4, 0.5) is 0 Å². The fourth-order valence-corrected chi connectivity index (χ4v) is 5.10. The molecule has 0 saturated heterocycles. The number of methoxy groups -OCH3 is 1. The lowest BCUT2D eigenvalue weighted by Gasteiger charge is -2.62. The van der Waals surface area contributed by atoms with Gasteiger partial charge in [0.25, 0.3) is 0 Å².